The van der Waals surface area contributed by atoms with Gasteiger partial charge in [-0.05, 0) is 44.0 Å². The van der Waals surface area contributed by atoms with Crippen molar-refractivity contribution in [3.8, 4) is 5.75 Å². The maximum atomic E-state index is 13.0. The van der Waals surface area contributed by atoms with Crippen molar-refractivity contribution in [2.75, 3.05) is 6.54 Å². The molecule has 14 nitrogen and oxygen atoms in total. The molecular formula is C23H35N5O9. The monoisotopic (exact) mass is 525 g/mol. The number of carbonyl (C=O) groups excluding carboxylic acids is 3. The first-order chi connectivity index (χ1) is 17.3. The van der Waals surface area contributed by atoms with E-state index in [1.165, 1.54) is 24.3 Å². The van der Waals surface area contributed by atoms with Crippen LogP contribution in [0.25, 0.3) is 0 Å². The molecule has 1 aromatic carbocycles. The van der Waals surface area contributed by atoms with Gasteiger partial charge < -0.3 is 47.8 Å². The van der Waals surface area contributed by atoms with Crippen molar-refractivity contribution in [1.82, 2.24) is 16.0 Å². The van der Waals surface area contributed by atoms with E-state index in [1.807, 2.05) is 0 Å². The number of carbonyl (C=O) groups is 5. The van der Waals surface area contributed by atoms with Crippen molar-refractivity contribution >= 4 is 29.7 Å². The minimum Gasteiger partial charge on any atom is -0.508 e. The number of nitrogens with two attached hydrogens (primary N) is 2. The van der Waals surface area contributed by atoms with Gasteiger partial charge in [0, 0.05) is 6.42 Å². The fourth-order valence-electron chi connectivity index (χ4n) is 3.29. The fourth-order valence-corrected chi connectivity index (χ4v) is 3.29. The number of phenolic OH excluding ortho intramolecular Hbond substituents is 1. The van der Waals surface area contributed by atoms with Crippen molar-refractivity contribution in [3.05, 3.63) is 29.8 Å². The van der Waals surface area contributed by atoms with Crippen LogP contribution in [0, 0.1) is 0 Å². The maximum Gasteiger partial charge on any atom is 0.328 e. The molecule has 206 valence electrons. The Balaban J connectivity index is 3.11. The molecule has 0 bridgehead atoms. The van der Waals surface area contributed by atoms with Crippen LogP contribution in [-0.2, 0) is 30.4 Å². The van der Waals surface area contributed by atoms with E-state index < -0.39 is 66.4 Å². The molecule has 0 aromatic heterocycles. The summed E-state index contributed by atoms with van der Waals surface area (Å²) in [5.74, 6) is -5.74. The summed E-state index contributed by atoms with van der Waals surface area (Å²) >= 11 is 0. The lowest BCUT2D eigenvalue weighted by atomic mass is 10.0. The number of aliphatic hydroxyl groups is 1. The van der Waals surface area contributed by atoms with Crippen molar-refractivity contribution < 1.29 is 44.4 Å². The summed E-state index contributed by atoms with van der Waals surface area (Å²) in [6.07, 6.45) is -1.04. The molecule has 3 amide bonds. The number of hydrogen-bond acceptors (Lipinski definition) is 9. The van der Waals surface area contributed by atoms with Gasteiger partial charge in [-0.15, -0.1) is 0 Å². The average Bonchev–Trinajstić information content (AvgIpc) is 2.82. The number of carboxylic acid groups (broad SMARTS) is 2. The number of unbranched alkanes of at least 4 members (excludes halogenated alkanes) is 1. The lowest BCUT2D eigenvalue weighted by molar-refractivity contribution is -0.145. The van der Waals surface area contributed by atoms with Gasteiger partial charge in [0.2, 0.25) is 17.7 Å². The van der Waals surface area contributed by atoms with Crippen molar-refractivity contribution in [2.45, 2.75) is 69.3 Å². The number of amides is 3. The fraction of sp³-hybridized carbons (Fsp3) is 0.522. The smallest absolute Gasteiger partial charge is 0.328 e. The second kappa shape index (κ2) is 15.4. The molecule has 0 radical (unpaired) electrons. The normalized spacial score (nSPS) is 14.9. The molecule has 0 heterocycles. The molecule has 1 rings (SSSR count). The Labute approximate surface area is 213 Å². The zero-order chi connectivity index (χ0) is 28.1. The van der Waals surface area contributed by atoms with Gasteiger partial charge in [-0.1, -0.05) is 18.6 Å². The number of benzene rings is 1. The lowest BCUT2D eigenvalue weighted by Crippen LogP contribution is -2.59. The number of aliphatic carboxylic acids is 2. The zero-order valence-corrected chi connectivity index (χ0v) is 20.4. The number of carboxylic acids is 2. The molecule has 1 aromatic rings. The standard InChI is InChI=1S/C23H35N5O9/c1-12(29)19(23(36)37)28-22(35)16(10-13-5-7-14(30)8-6-13)27-21(34)17(11-18(31)32)26-20(33)15(25)4-2-3-9-24/h5-8,12,15-17,19,29-30H,2-4,9-11,24-25H2,1H3,(H,26,33)(H,27,34)(H,28,35)(H,31,32)(H,36,37). The SMILES string of the molecule is CC(O)C(NC(=O)C(Cc1ccc(O)cc1)NC(=O)C(CC(=O)O)NC(=O)C(N)CCCCN)C(=O)O. The molecule has 11 N–H and O–H groups in total. The van der Waals surface area contributed by atoms with Crippen LogP contribution < -0.4 is 27.4 Å². The Bertz CT molecular complexity index is 939. The first kappa shape index (κ1) is 31.3. The average molecular weight is 526 g/mol. The summed E-state index contributed by atoms with van der Waals surface area (Å²) < 4.78 is 0. The van der Waals surface area contributed by atoms with Gasteiger partial charge in [-0.2, -0.15) is 0 Å². The summed E-state index contributed by atoms with van der Waals surface area (Å²) in [4.78, 5) is 61.1. The van der Waals surface area contributed by atoms with E-state index in [0.717, 1.165) is 6.92 Å². The van der Waals surface area contributed by atoms with Gasteiger partial charge in [0.15, 0.2) is 6.04 Å². The van der Waals surface area contributed by atoms with E-state index >= 15 is 0 Å². The summed E-state index contributed by atoms with van der Waals surface area (Å²) in [5, 5.41) is 44.4. The molecule has 0 saturated carbocycles. The summed E-state index contributed by atoms with van der Waals surface area (Å²) in [6, 6.07) is -0.133. The Hall–Kier alpha value is -3.75. The maximum absolute atomic E-state index is 13.0. The molecular weight excluding hydrogens is 490 g/mol. The van der Waals surface area contributed by atoms with Crippen LogP contribution in [0.3, 0.4) is 0 Å². The third-order valence-corrected chi connectivity index (χ3v) is 5.37. The van der Waals surface area contributed by atoms with Crippen LogP contribution in [0.15, 0.2) is 24.3 Å². The molecule has 0 aliphatic rings. The second-order valence-corrected chi connectivity index (χ2v) is 8.55. The van der Waals surface area contributed by atoms with Crippen LogP contribution in [0.2, 0.25) is 0 Å². The first-order valence-corrected chi connectivity index (χ1v) is 11.6. The molecule has 14 heteroatoms. The highest BCUT2D eigenvalue weighted by Crippen LogP contribution is 2.12. The van der Waals surface area contributed by atoms with Gasteiger partial charge in [0.1, 0.15) is 17.8 Å². The Kier molecular flexibility index (Phi) is 13.0. The van der Waals surface area contributed by atoms with Crippen molar-refractivity contribution in [3.63, 3.8) is 0 Å². The molecule has 0 spiro atoms. The Morgan fingerprint density at radius 2 is 1.46 bits per heavy atom. The molecule has 0 saturated heterocycles. The summed E-state index contributed by atoms with van der Waals surface area (Å²) in [7, 11) is 0. The Morgan fingerprint density at radius 3 is 1.97 bits per heavy atom. The highest BCUT2D eigenvalue weighted by Gasteiger charge is 2.32. The second-order valence-electron chi connectivity index (χ2n) is 8.55. The van der Waals surface area contributed by atoms with Gasteiger partial charge >= 0.3 is 11.9 Å². The van der Waals surface area contributed by atoms with Gasteiger partial charge in [-0.25, -0.2) is 4.79 Å². The minimum atomic E-state index is -1.69. The van der Waals surface area contributed by atoms with E-state index in [4.69, 9.17) is 11.5 Å². The molecule has 5 atom stereocenters. The number of aromatic hydroxyl groups is 1. The highest BCUT2D eigenvalue weighted by atomic mass is 16.4. The minimum absolute atomic E-state index is 0.0548. The van der Waals surface area contributed by atoms with Crippen molar-refractivity contribution in [2.24, 2.45) is 11.5 Å². The van der Waals surface area contributed by atoms with E-state index in [0.29, 0.717) is 24.9 Å². The Morgan fingerprint density at radius 1 is 0.892 bits per heavy atom. The lowest BCUT2D eigenvalue weighted by Gasteiger charge is -2.25. The van der Waals surface area contributed by atoms with Gasteiger partial charge in [0.25, 0.3) is 0 Å². The van der Waals surface area contributed by atoms with Crippen LogP contribution in [0.4, 0.5) is 0 Å². The molecule has 0 fully saturated rings. The number of phenols is 1. The molecule has 37 heavy (non-hydrogen) atoms. The number of hydrogen-bond donors (Lipinski definition) is 9. The van der Waals surface area contributed by atoms with E-state index in [-0.39, 0.29) is 18.6 Å². The van der Waals surface area contributed by atoms with E-state index in [1.54, 1.807) is 0 Å². The molecule has 0 aliphatic carbocycles. The summed E-state index contributed by atoms with van der Waals surface area (Å²) in [5.41, 5.74) is 11.7. The third kappa shape index (κ3) is 11.2. The highest BCUT2D eigenvalue weighted by molar-refractivity contribution is 5.95. The van der Waals surface area contributed by atoms with E-state index in [9.17, 15) is 44.4 Å². The quantitative estimate of drug-likeness (QED) is 0.104. The predicted octanol–water partition coefficient (Wildman–Crippen LogP) is -2.21. The zero-order valence-electron chi connectivity index (χ0n) is 20.4. The van der Waals surface area contributed by atoms with E-state index in [2.05, 4.69) is 16.0 Å². The van der Waals surface area contributed by atoms with Gasteiger partial charge in [0.05, 0.1) is 18.6 Å². The van der Waals surface area contributed by atoms with Crippen LogP contribution in [0.5, 0.6) is 5.75 Å². The number of rotatable bonds is 16. The number of nitrogens with one attached hydrogen (secondary N) is 3. The topological polar surface area (TPSA) is 254 Å². The first-order valence-electron chi connectivity index (χ1n) is 11.6. The van der Waals surface area contributed by atoms with Crippen molar-refractivity contribution in [1.29, 1.82) is 0 Å². The van der Waals surface area contributed by atoms with Crippen LogP contribution in [-0.4, -0.2) is 86.9 Å². The largest absolute Gasteiger partial charge is 0.508 e. The van der Waals surface area contributed by atoms with Crippen LogP contribution >= 0.6 is 0 Å². The van der Waals surface area contributed by atoms with Crippen LogP contribution in [0.1, 0.15) is 38.2 Å². The predicted molar refractivity (Wildman–Crippen MR) is 130 cm³/mol. The molecule has 5 unspecified atom stereocenters. The third-order valence-electron chi connectivity index (χ3n) is 5.37. The molecule has 0 aliphatic heterocycles. The van der Waals surface area contributed by atoms with Gasteiger partial charge in [-0.3, -0.25) is 19.2 Å². The number of aliphatic hydroxyl groups excluding tert-OH is 1. The summed E-state index contributed by atoms with van der Waals surface area (Å²) in [6.45, 7) is 1.56.